The van der Waals surface area contributed by atoms with Crippen molar-refractivity contribution in [3.63, 3.8) is 0 Å². The molecule has 0 atom stereocenters. The summed E-state index contributed by atoms with van der Waals surface area (Å²) in [5.74, 6) is -0.195. The maximum atomic E-state index is 12.6. The van der Waals surface area contributed by atoms with Crippen LogP contribution in [0.5, 0.6) is 0 Å². The number of rotatable bonds is 6. The molecule has 150 valence electrons. The number of carbonyl (C=O) groups is 1. The third-order valence-corrected chi connectivity index (χ3v) is 7.17. The molecule has 6 nitrogen and oxygen atoms in total. The topological polar surface area (TPSA) is 75.7 Å². The molecular formula is C19H20Cl2N2O4S. The minimum Gasteiger partial charge on any atom is -0.379 e. The van der Waals surface area contributed by atoms with Crippen LogP contribution in [0.3, 0.4) is 0 Å². The molecule has 1 N–H and O–H groups in total. The summed E-state index contributed by atoms with van der Waals surface area (Å²) in [4.78, 5) is 12.4. The number of ether oxygens (including phenoxy) is 1. The largest absolute Gasteiger partial charge is 0.379 e. The number of halogens is 2. The van der Waals surface area contributed by atoms with Crippen molar-refractivity contribution in [3.05, 3.63) is 58.1 Å². The van der Waals surface area contributed by atoms with Gasteiger partial charge in [0.2, 0.25) is 15.9 Å². The van der Waals surface area contributed by atoms with Gasteiger partial charge in [-0.15, -0.1) is 0 Å². The Hall–Kier alpha value is -1.64. The standard InChI is InChI=1S/C19H20Cl2N2O4S/c20-17-3-1-2-14(19(17)21)4-9-18(24)22-15-5-7-16(8-6-15)28(25,26)23-10-12-27-13-11-23/h1-3,5-8H,4,9-13H2,(H,22,24). The van der Waals surface area contributed by atoms with Crippen LogP contribution in [0.2, 0.25) is 10.0 Å². The van der Waals surface area contributed by atoms with Crippen LogP contribution in [0, 0.1) is 0 Å². The van der Waals surface area contributed by atoms with Crippen molar-refractivity contribution in [2.45, 2.75) is 17.7 Å². The van der Waals surface area contributed by atoms with Gasteiger partial charge in [-0.2, -0.15) is 4.31 Å². The van der Waals surface area contributed by atoms with Gasteiger partial charge in [-0.1, -0.05) is 35.3 Å². The van der Waals surface area contributed by atoms with Gasteiger partial charge in [0, 0.05) is 25.2 Å². The third kappa shape index (κ3) is 5.04. The Labute approximate surface area is 174 Å². The molecule has 9 heteroatoms. The number of nitrogens with one attached hydrogen (secondary N) is 1. The predicted molar refractivity (Wildman–Crippen MR) is 109 cm³/mol. The molecule has 0 aliphatic carbocycles. The highest BCUT2D eigenvalue weighted by Gasteiger charge is 2.26. The fourth-order valence-electron chi connectivity index (χ4n) is 2.86. The number of amides is 1. The summed E-state index contributed by atoms with van der Waals surface area (Å²) in [5.41, 5.74) is 1.33. The Morgan fingerprint density at radius 3 is 2.43 bits per heavy atom. The zero-order chi connectivity index (χ0) is 20.1. The van der Waals surface area contributed by atoms with Crippen LogP contribution in [0.25, 0.3) is 0 Å². The molecule has 0 radical (unpaired) electrons. The first-order chi connectivity index (χ1) is 13.4. The molecule has 0 saturated carbocycles. The zero-order valence-corrected chi connectivity index (χ0v) is 17.4. The Morgan fingerprint density at radius 2 is 1.75 bits per heavy atom. The quantitative estimate of drug-likeness (QED) is 0.741. The molecule has 1 heterocycles. The van der Waals surface area contributed by atoms with E-state index in [0.717, 1.165) is 5.56 Å². The van der Waals surface area contributed by atoms with E-state index in [1.807, 2.05) is 6.07 Å². The van der Waals surface area contributed by atoms with Crippen LogP contribution in [0.1, 0.15) is 12.0 Å². The fraction of sp³-hybridized carbons (Fsp3) is 0.316. The first kappa shape index (κ1) is 21.1. The van der Waals surface area contributed by atoms with Crippen molar-refractivity contribution < 1.29 is 17.9 Å². The van der Waals surface area contributed by atoms with Crippen LogP contribution in [-0.2, 0) is 26.0 Å². The number of aryl methyl sites for hydroxylation is 1. The summed E-state index contributed by atoms with van der Waals surface area (Å²) < 4.78 is 31.8. The molecule has 1 aliphatic rings. The highest BCUT2D eigenvalue weighted by molar-refractivity contribution is 7.89. The molecule has 0 aromatic heterocycles. The second kappa shape index (κ2) is 9.24. The van der Waals surface area contributed by atoms with Crippen LogP contribution in [-0.4, -0.2) is 44.9 Å². The molecule has 0 spiro atoms. The summed E-state index contributed by atoms with van der Waals surface area (Å²) in [6.45, 7) is 1.47. The monoisotopic (exact) mass is 442 g/mol. The number of anilines is 1. The maximum Gasteiger partial charge on any atom is 0.243 e. The highest BCUT2D eigenvalue weighted by atomic mass is 35.5. The van der Waals surface area contributed by atoms with Crippen molar-refractivity contribution in [1.29, 1.82) is 0 Å². The molecule has 2 aromatic carbocycles. The summed E-state index contributed by atoms with van der Waals surface area (Å²) in [6.07, 6.45) is 0.683. The number of nitrogens with zero attached hydrogens (tertiary/aromatic N) is 1. The lowest BCUT2D eigenvalue weighted by Gasteiger charge is -2.26. The first-order valence-electron chi connectivity index (χ1n) is 8.78. The van der Waals surface area contributed by atoms with Gasteiger partial charge in [0.15, 0.2) is 0 Å². The summed E-state index contributed by atoms with van der Waals surface area (Å²) in [6, 6.07) is 11.5. The SMILES string of the molecule is O=C(CCc1cccc(Cl)c1Cl)Nc1ccc(S(=O)(=O)N2CCOCC2)cc1. The Morgan fingerprint density at radius 1 is 1.07 bits per heavy atom. The lowest BCUT2D eigenvalue weighted by molar-refractivity contribution is -0.116. The molecule has 0 bridgehead atoms. The number of benzene rings is 2. The molecule has 0 unspecified atom stereocenters. The second-order valence-electron chi connectivity index (χ2n) is 6.30. The molecular weight excluding hydrogens is 423 g/mol. The van der Waals surface area contributed by atoms with Gasteiger partial charge >= 0.3 is 0 Å². The third-order valence-electron chi connectivity index (χ3n) is 4.40. The van der Waals surface area contributed by atoms with Gasteiger partial charge in [0.25, 0.3) is 0 Å². The van der Waals surface area contributed by atoms with E-state index < -0.39 is 10.0 Å². The van der Waals surface area contributed by atoms with Gasteiger partial charge in [-0.25, -0.2) is 8.42 Å². The Balaban J connectivity index is 1.59. The van der Waals surface area contributed by atoms with Gasteiger partial charge in [0.1, 0.15) is 0 Å². The molecule has 3 rings (SSSR count). The number of hydrogen-bond acceptors (Lipinski definition) is 4. The summed E-state index contributed by atoms with van der Waals surface area (Å²) >= 11 is 12.1. The number of carbonyl (C=O) groups excluding carboxylic acids is 1. The first-order valence-corrected chi connectivity index (χ1v) is 11.0. The minimum absolute atomic E-state index is 0.193. The van der Waals surface area contributed by atoms with E-state index in [-0.39, 0.29) is 17.2 Å². The van der Waals surface area contributed by atoms with E-state index in [0.29, 0.717) is 48.5 Å². The molecule has 1 aliphatic heterocycles. The average molecular weight is 443 g/mol. The number of morpholine rings is 1. The number of hydrogen-bond donors (Lipinski definition) is 1. The Bertz CT molecular complexity index is 943. The van der Waals surface area contributed by atoms with Gasteiger partial charge in [-0.05, 0) is 42.3 Å². The minimum atomic E-state index is -3.55. The van der Waals surface area contributed by atoms with E-state index in [2.05, 4.69) is 5.32 Å². The molecule has 1 fully saturated rings. The van der Waals surface area contributed by atoms with Crippen molar-refractivity contribution in [2.75, 3.05) is 31.6 Å². The van der Waals surface area contributed by atoms with Crippen molar-refractivity contribution in [1.82, 2.24) is 4.31 Å². The average Bonchev–Trinajstić information content (AvgIpc) is 2.70. The van der Waals surface area contributed by atoms with E-state index in [1.54, 1.807) is 24.3 Å². The Kier molecular flexibility index (Phi) is 6.95. The lowest BCUT2D eigenvalue weighted by atomic mass is 10.1. The van der Waals surface area contributed by atoms with Crippen molar-refractivity contribution in [3.8, 4) is 0 Å². The van der Waals surface area contributed by atoms with Crippen LogP contribution in [0.15, 0.2) is 47.4 Å². The summed E-state index contributed by atoms with van der Waals surface area (Å²) in [7, 11) is -3.55. The fourth-order valence-corrected chi connectivity index (χ4v) is 4.68. The van der Waals surface area contributed by atoms with Gasteiger partial charge < -0.3 is 10.1 Å². The van der Waals surface area contributed by atoms with Crippen LogP contribution in [0.4, 0.5) is 5.69 Å². The van der Waals surface area contributed by atoms with Crippen molar-refractivity contribution in [2.24, 2.45) is 0 Å². The maximum absolute atomic E-state index is 12.6. The number of sulfonamides is 1. The van der Waals surface area contributed by atoms with Crippen LogP contribution < -0.4 is 5.32 Å². The highest BCUT2D eigenvalue weighted by Crippen LogP contribution is 2.26. The van der Waals surface area contributed by atoms with Crippen LogP contribution >= 0.6 is 23.2 Å². The van der Waals surface area contributed by atoms with E-state index >= 15 is 0 Å². The molecule has 1 amide bonds. The lowest BCUT2D eigenvalue weighted by Crippen LogP contribution is -2.40. The van der Waals surface area contributed by atoms with Gasteiger partial charge in [0.05, 0.1) is 28.2 Å². The zero-order valence-electron chi connectivity index (χ0n) is 15.0. The van der Waals surface area contributed by atoms with Gasteiger partial charge in [-0.3, -0.25) is 4.79 Å². The normalized spacial score (nSPS) is 15.4. The molecule has 2 aromatic rings. The second-order valence-corrected chi connectivity index (χ2v) is 9.03. The smallest absolute Gasteiger partial charge is 0.243 e. The summed E-state index contributed by atoms with van der Waals surface area (Å²) in [5, 5.41) is 3.67. The van der Waals surface area contributed by atoms with E-state index in [1.165, 1.54) is 16.4 Å². The van der Waals surface area contributed by atoms with Crippen molar-refractivity contribution >= 4 is 44.8 Å². The van der Waals surface area contributed by atoms with E-state index in [4.69, 9.17) is 27.9 Å². The molecule has 1 saturated heterocycles. The predicted octanol–water partition coefficient (Wildman–Crippen LogP) is 3.59. The molecule has 28 heavy (non-hydrogen) atoms. The van der Waals surface area contributed by atoms with E-state index in [9.17, 15) is 13.2 Å².